The minimum atomic E-state index is 0.317. The van der Waals surface area contributed by atoms with Gasteiger partial charge in [0.15, 0.2) is 0 Å². The smallest absolute Gasteiger partial charge is 0.104 e. The molecule has 90 valence electrons. The third-order valence-electron chi connectivity index (χ3n) is 6.87. The molecule has 0 spiro atoms. The van der Waals surface area contributed by atoms with E-state index in [1.54, 1.807) is 0 Å². The van der Waals surface area contributed by atoms with E-state index >= 15 is 0 Å². The lowest BCUT2D eigenvalue weighted by Crippen LogP contribution is -2.32. The van der Waals surface area contributed by atoms with Crippen LogP contribution in [0.15, 0.2) is 0 Å². The zero-order valence-corrected chi connectivity index (χ0v) is 11.0. The third kappa shape index (κ3) is 0.749. The topological polar surface area (TPSA) is 12.5 Å². The Hall–Kier alpha value is -0.0400. The summed E-state index contributed by atoms with van der Waals surface area (Å²) >= 11 is 0. The molecule has 0 radical (unpaired) electrons. The molecule has 3 saturated carbocycles. The molecule has 4 rings (SSSR count). The molecule has 16 heavy (non-hydrogen) atoms. The molecule has 0 aromatic rings. The summed E-state index contributed by atoms with van der Waals surface area (Å²) < 4.78 is 6.48. The van der Waals surface area contributed by atoms with Crippen LogP contribution < -0.4 is 0 Å². The van der Waals surface area contributed by atoms with Crippen LogP contribution in [-0.2, 0) is 4.74 Å². The first-order chi connectivity index (χ1) is 7.47. The van der Waals surface area contributed by atoms with E-state index in [-0.39, 0.29) is 0 Å². The third-order valence-corrected chi connectivity index (χ3v) is 6.87. The van der Waals surface area contributed by atoms with Gasteiger partial charge < -0.3 is 4.74 Å². The molecule has 1 heterocycles. The van der Waals surface area contributed by atoms with Crippen molar-refractivity contribution in [3.8, 4) is 0 Å². The van der Waals surface area contributed by atoms with E-state index in [2.05, 4.69) is 27.7 Å². The van der Waals surface area contributed by atoms with Gasteiger partial charge in [0.05, 0.1) is 0 Å². The maximum atomic E-state index is 6.48. The Morgan fingerprint density at radius 2 is 1.75 bits per heavy atom. The Morgan fingerprint density at radius 3 is 2.50 bits per heavy atom. The first-order valence-corrected chi connectivity index (χ1v) is 7.17. The molecule has 1 heteroatoms. The van der Waals surface area contributed by atoms with Gasteiger partial charge in [0.1, 0.15) is 11.2 Å². The minimum absolute atomic E-state index is 0.317. The summed E-state index contributed by atoms with van der Waals surface area (Å²) in [5, 5.41) is 0. The van der Waals surface area contributed by atoms with Crippen molar-refractivity contribution < 1.29 is 4.74 Å². The first kappa shape index (κ1) is 9.94. The maximum Gasteiger partial charge on any atom is 0.104 e. The van der Waals surface area contributed by atoms with E-state index in [1.165, 1.54) is 25.7 Å². The van der Waals surface area contributed by atoms with Gasteiger partial charge in [-0.25, -0.2) is 0 Å². The summed E-state index contributed by atoms with van der Waals surface area (Å²) in [6, 6.07) is 0. The second-order valence-electron chi connectivity index (χ2n) is 7.61. The monoisotopic (exact) mass is 220 g/mol. The lowest BCUT2D eigenvalue weighted by atomic mass is 9.77. The Kier molecular flexibility index (Phi) is 1.48. The molecule has 0 amide bonds. The SMILES string of the molecule is CC1CCC2C(C2(C)C)C23OC12CCC3C. The van der Waals surface area contributed by atoms with Crippen molar-refractivity contribution in [2.45, 2.75) is 64.6 Å². The van der Waals surface area contributed by atoms with Gasteiger partial charge in [0.25, 0.3) is 0 Å². The van der Waals surface area contributed by atoms with Crippen LogP contribution in [0.25, 0.3) is 0 Å². The Morgan fingerprint density at radius 1 is 1.00 bits per heavy atom. The van der Waals surface area contributed by atoms with E-state index in [1.807, 2.05) is 0 Å². The highest BCUT2D eigenvalue weighted by Crippen LogP contribution is 2.82. The lowest BCUT2D eigenvalue weighted by Gasteiger charge is -2.21. The van der Waals surface area contributed by atoms with Crippen LogP contribution in [0.3, 0.4) is 0 Å². The van der Waals surface area contributed by atoms with Crippen molar-refractivity contribution in [1.82, 2.24) is 0 Å². The number of fused-ring (bicyclic) bond motifs is 1. The molecule has 0 N–H and O–H groups in total. The fourth-order valence-electron chi connectivity index (χ4n) is 5.85. The van der Waals surface area contributed by atoms with Crippen LogP contribution >= 0.6 is 0 Å². The minimum Gasteiger partial charge on any atom is -0.362 e. The van der Waals surface area contributed by atoms with Crippen molar-refractivity contribution in [2.24, 2.45) is 29.1 Å². The van der Waals surface area contributed by atoms with Gasteiger partial charge in [-0.05, 0) is 54.8 Å². The van der Waals surface area contributed by atoms with Crippen LogP contribution in [0.4, 0.5) is 0 Å². The maximum absolute atomic E-state index is 6.48. The molecule has 4 fully saturated rings. The van der Waals surface area contributed by atoms with Crippen molar-refractivity contribution in [2.75, 3.05) is 0 Å². The second-order valence-corrected chi connectivity index (χ2v) is 7.61. The summed E-state index contributed by atoms with van der Waals surface area (Å²) in [4.78, 5) is 0. The molecular formula is C15H24O. The molecule has 0 bridgehead atoms. The zero-order valence-electron chi connectivity index (χ0n) is 11.0. The van der Waals surface area contributed by atoms with E-state index in [4.69, 9.17) is 4.74 Å². The highest BCUT2D eigenvalue weighted by molar-refractivity contribution is 5.35. The summed E-state index contributed by atoms with van der Waals surface area (Å²) in [5.41, 5.74) is 1.21. The molecule has 1 saturated heterocycles. The highest BCUT2D eigenvalue weighted by atomic mass is 16.6. The van der Waals surface area contributed by atoms with Crippen molar-refractivity contribution in [1.29, 1.82) is 0 Å². The number of epoxide rings is 1. The van der Waals surface area contributed by atoms with Gasteiger partial charge >= 0.3 is 0 Å². The largest absolute Gasteiger partial charge is 0.362 e. The molecule has 4 aliphatic rings. The number of ether oxygens (including phenoxy) is 1. The van der Waals surface area contributed by atoms with E-state index in [9.17, 15) is 0 Å². The number of rotatable bonds is 0. The molecule has 3 aliphatic carbocycles. The van der Waals surface area contributed by atoms with Crippen LogP contribution in [0.5, 0.6) is 0 Å². The lowest BCUT2D eigenvalue weighted by molar-refractivity contribution is 0.125. The van der Waals surface area contributed by atoms with Crippen molar-refractivity contribution in [3.05, 3.63) is 0 Å². The molecule has 6 atom stereocenters. The van der Waals surface area contributed by atoms with E-state index in [0.717, 1.165) is 23.7 Å². The van der Waals surface area contributed by atoms with Crippen LogP contribution in [0.2, 0.25) is 0 Å². The summed E-state index contributed by atoms with van der Waals surface area (Å²) in [5.74, 6) is 3.45. The Balaban J connectivity index is 1.81. The number of hydrogen-bond acceptors (Lipinski definition) is 1. The van der Waals surface area contributed by atoms with Crippen LogP contribution in [-0.4, -0.2) is 11.2 Å². The molecule has 1 nitrogen and oxygen atoms in total. The zero-order chi connectivity index (χ0) is 11.3. The average molecular weight is 220 g/mol. The van der Waals surface area contributed by atoms with E-state index < -0.39 is 0 Å². The fourth-order valence-corrected chi connectivity index (χ4v) is 5.85. The second kappa shape index (κ2) is 2.39. The van der Waals surface area contributed by atoms with Gasteiger partial charge in [-0.1, -0.05) is 27.7 Å². The predicted octanol–water partition coefficient (Wildman–Crippen LogP) is 3.63. The quantitative estimate of drug-likeness (QED) is 0.568. The molecule has 0 aromatic carbocycles. The fraction of sp³-hybridized carbons (Fsp3) is 1.00. The summed E-state index contributed by atoms with van der Waals surface area (Å²) in [7, 11) is 0. The molecule has 6 unspecified atom stereocenters. The summed E-state index contributed by atoms with van der Waals surface area (Å²) in [6.07, 6.45) is 5.61. The standard InChI is InChI=1S/C15H24O/c1-9-5-6-11-12(13(11,3)4)15-10(2)7-8-14(9,15)16-15/h9-12H,5-8H2,1-4H3. The molecule has 0 aromatic heterocycles. The predicted molar refractivity (Wildman–Crippen MR) is 64.1 cm³/mol. The van der Waals surface area contributed by atoms with Crippen LogP contribution in [0, 0.1) is 29.1 Å². The van der Waals surface area contributed by atoms with Gasteiger partial charge in [0.2, 0.25) is 0 Å². The Bertz CT molecular complexity index is 360. The molecule has 1 aliphatic heterocycles. The van der Waals surface area contributed by atoms with Crippen molar-refractivity contribution >= 4 is 0 Å². The molecular weight excluding hydrogens is 196 g/mol. The number of hydrogen-bond donors (Lipinski definition) is 0. The Labute approximate surface area is 98.9 Å². The van der Waals surface area contributed by atoms with E-state index in [0.29, 0.717) is 16.6 Å². The van der Waals surface area contributed by atoms with Crippen LogP contribution in [0.1, 0.15) is 53.4 Å². The average Bonchev–Trinajstić information content (AvgIpc) is 3.00. The summed E-state index contributed by atoms with van der Waals surface area (Å²) in [6.45, 7) is 9.84. The van der Waals surface area contributed by atoms with Gasteiger partial charge in [0, 0.05) is 0 Å². The van der Waals surface area contributed by atoms with Gasteiger partial charge in [-0.3, -0.25) is 0 Å². The van der Waals surface area contributed by atoms with Gasteiger partial charge in [-0.15, -0.1) is 0 Å². The normalized spacial score (nSPS) is 65.2. The van der Waals surface area contributed by atoms with Gasteiger partial charge in [-0.2, -0.15) is 0 Å². The first-order valence-electron chi connectivity index (χ1n) is 7.17. The highest BCUT2D eigenvalue weighted by Gasteiger charge is 2.87. The van der Waals surface area contributed by atoms with Crippen molar-refractivity contribution in [3.63, 3.8) is 0 Å².